The van der Waals surface area contributed by atoms with Crippen molar-refractivity contribution in [2.75, 3.05) is 6.61 Å². The van der Waals surface area contributed by atoms with E-state index in [1.807, 2.05) is 58.9 Å². The normalized spacial score (nSPS) is 21.8. The fraction of sp³-hybridized carbons (Fsp3) is 0.550. The third kappa shape index (κ3) is 2.87. The highest BCUT2D eigenvalue weighted by Gasteiger charge is 2.56. The Morgan fingerprint density at radius 1 is 1.19 bits per heavy atom. The number of rotatable bonds is 4. The number of nitrogens with zero attached hydrogens (tertiary/aromatic N) is 2. The topological polar surface area (TPSA) is 68.2 Å². The van der Waals surface area contributed by atoms with Crippen molar-refractivity contribution in [2.24, 2.45) is 17.0 Å². The van der Waals surface area contributed by atoms with Gasteiger partial charge in [-0.2, -0.15) is 0 Å². The Balaban J connectivity index is 1.81. The van der Waals surface area contributed by atoms with Crippen molar-refractivity contribution in [2.45, 2.75) is 52.7 Å². The third-order valence-corrected chi connectivity index (χ3v) is 5.57. The lowest BCUT2D eigenvalue weighted by Gasteiger charge is -2.41. The zero-order valence-corrected chi connectivity index (χ0v) is 16.0. The summed E-state index contributed by atoms with van der Waals surface area (Å²) in [5, 5.41) is 4.09. The van der Waals surface area contributed by atoms with Crippen molar-refractivity contribution in [1.29, 1.82) is 0 Å². The largest absolute Gasteiger partial charge is 0.447 e. The number of ether oxygens (including phenoxy) is 1. The number of imide groups is 1. The summed E-state index contributed by atoms with van der Waals surface area (Å²) in [5.74, 6) is -0.241. The molecule has 2 heterocycles. The molecule has 2 aliphatic rings. The van der Waals surface area contributed by atoms with Gasteiger partial charge in [-0.1, -0.05) is 62.7 Å². The summed E-state index contributed by atoms with van der Waals surface area (Å²) in [6, 6.07) is 7.91. The highest BCUT2D eigenvalue weighted by atomic mass is 16.6. The number of carbonyl (C=O) groups excluding carboxylic acids is 2. The van der Waals surface area contributed by atoms with Crippen molar-refractivity contribution in [3.05, 3.63) is 35.4 Å². The van der Waals surface area contributed by atoms with Gasteiger partial charge in [0, 0.05) is 6.42 Å². The molecule has 1 atom stereocenters. The molecule has 6 nitrogen and oxygen atoms in total. The number of hydrogen-bond donors (Lipinski definition) is 0. The number of amides is 2. The van der Waals surface area contributed by atoms with E-state index in [0.717, 1.165) is 16.8 Å². The molecule has 0 aromatic heterocycles. The molecular formula is C20H26N2O4. The minimum atomic E-state index is -0.797. The van der Waals surface area contributed by atoms with E-state index in [9.17, 15) is 9.59 Å². The van der Waals surface area contributed by atoms with Gasteiger partial charge in [0.05, 0.1) is 11.3 Å². The quantitative estimate of drug-likeness (QED) is 0.826. The molecular weight excluding hydrogens is 332 g/mol. The van der Waals surface area contributed by atoms with Crippen LogP contribution in [0.25, 0.3) is 0 Å². The molecule has 140 valence electrons. The van der Waals surface area contributed by atoms with Gasteiger partial charge >= 0.3 is 6.09 Å². The number of carbonyl (C=O) groups is 2. The fourth-order valence-electron chi connectivity index (χ4n) is 3.86. The minimum Gasteiger partial charge on any atom is -0.447 e. The lowest BCUT2D eigenvalue weighted by Crippen LogP contribution is -2.59. The minimum absolute atomic E-state index is 0.0665. The maximum atomic E-state index is 13.1. The molecule has 2 amide bonds. The molecule has 1 fully saturated rings. The summed E-state index contributed by atoms with van der Waals surface area (Å²) in [5.41, 5.74) is 2.13. The van der Waals surface area contributed by atoms with Crippen LogP contribution in [0, 0.1) is 18.8 Å². The van der Waals surface area contributed by atoms with Crippen LogP contribution in [-0.4, -0.2) is 40.9 Å². The van der Waals surface area contributed by atoms with Gasteiger partial charge in [-0.05, 0) is 24.3 Å². The maximum absolute atomic E-state index is 13.1. The van der Waals surface area contributed by atoms with Crippen LogP contribution in [0.3, 0.4) is 0 Å². The van der Waals surface area contributed by atoms with Crippen LogP contribution in [0.1, 0.15) is 45.2 Å². The second kappa shape index (κ2) is 6.74. The van der Waals surface area contributed by atoms with E-state index in [0.29, 0.717) is 6.42 Å². The van der Waals surface area contributed by atoms with Crippen LogP contribution in [0.4, 0.5) is 4.79 Å². The molecule has 0 saturated carbocycles. The van der Waals surface area contributed by atoms with Crippen molar-refractivity contribution in [3.63, 3.8) is 0 Å². The van der Waals surface area contributed by atoms with E-state index in [2.05, 4.69) is 5.16 Å². The molecule has 0 spiro atoms. The van der Waals surface area contributed by atoms with Crippen LogP contribution in [0.5, 0.6) is 0 Å². The van der Waals surface area contributed by atoms with Gasteiger partial charge in [0.25, 0.3) is 5.91 Å². The Kier molecular flexibility index (Phi) is 4.78. The van der Waals surface area contributed by atoms with Crippen LogP contribution >= 0.6 is 0 Å². The summed E-state index contributed by atoms with van der Waals surface area (Å²) in [6.07, 6.45) is -1.04. The molecule has 1 aromatic carbocycles. The number of benzene rings is 1. The second-order valence-electron chi connectivity index (χ2n) is 7.73. The number of cyclic esters (lactones) is 1. The Hall–Kier alpha value is -2.37. The van der Waals surface area contributed by atoms with Crippen LogP contribution < -0.4 is 0 Å². The summed E-state index contributed by atoms with van der Waals surface area (Å²) >= 11 is 0. The smallest absolute Gasteiger partial charge is 0.417 e. The standard InChI is InChI=1S/C20H26N2O4/c1-12(2)20(13(3)4)11-25-19(24)22(20)18(23)17-10-16(21-26-17)15-8-6-14(5)7-9-15/h6-9,12-13,17H,10-11H2,1-5H3. The van der Waals surface area contributed by atoms with Crippen LogP contribution in [-0.2, 0) is 14.4 Å². The van der Waals surface area contributed by atoms with Crippen molar-refractivity contribution >= 4 is 17.7 Å². The molecule has 1 aromatic rings. The lowest BCUT2D eigenvalue weighted by molar-refractivity contribution is -0.145. The van der Waals surface area contributed by atoms with Crippen molar-refractivity contribution in [3.8, 4) is 0 Å². The molecule has 1 saturated heterocycles. The second-order valence-corrected chi connectivity index (χ2v) is 7.73. The molecule has 3 rings (SSSR count). The van der Waals surface area contributed by atoms with Gasteiger partial charge in [0.1, 0.15) is 6.61 Å². The molecule has 0 radical (unpaired) electrons. The van der Waals surface area contributed by atoms with E-state index in [-0.39, 0.29) is 24.3 Å². The molecule has 0 N–H and O–H groups in total. The Morgan fingerprint density at radius 2 is 1.81 bits per heavy atom. The lowest BCUT2D eigenvalue weighted by atomic mass is 9.76. The Labute approximate surface area is 154 Å². The van der Waals surface area contributed by atoms with E-state index < -0.39 is 17.7 Å². The molecule has 26 heavy (non-hydrogen) atoms. The number of hydrogen-bond acceptors (Lipinski definition) is 5. The van der Waals surface area contributed by atoms with Gasteiger partial charge in [-0.3, -0.25) is 4.79 Å². The van der Waals surface area contributed by atoms with Crippen molar-refractivity contribution < 1.29 is 19.2 Å². The van der Waals surface area contributed by atoms with E-state index in [1.165, 1.54) is 4.90 Å². The zero-order valence-electron chi connectivity index (χ0n) is 16.0. The number of aryl methyl sites for hydroxylation is 1. The van der Waals surface area contributed by atoms with Gasteiger partial charge in [-0.25, -0.2) is 9.69 Å². The van der Waals surface area contributed by atoms with Crippen LogP contribution in [0.2, 0.25) is 0 Å². The van der Waals surface area contributed by atoms with E-state index in [4.69, 9.17) is 9.57 Å². The highest BCUT2D eigenvalue weighted by Crippen LogP contribution is 2.39. The van der Waals surface area contributed by atoms with E-state index in [1.54, 1.807) is 0 Å². The first-order valence-corrected chi connectivity index (χ1v) is 9.08. The summed E-state index contributed by atoms with van der Waals surface area (Å²) < 4.78 is 5.28. The first kappa shape index (κ1) is 18.4. The van der Waals surface area contributed by atoms with Crippen LogP contribution in [0.15, 0.2) is 29.4 Å². The molecule has 1 unspecified atom stereocenters. The average molecular weight is 358 g/mol. The molecule has 0 aliphatic carbocycles. The summed E-state index contributed by atoms with van der Waals surface area (Å²) in [7, 11) is 0. The molecule has 6 heteroatoms. The van der Waals surface area contributed by atoms with Gasteiger partial charge in [0.15, 0.2) is 0 Å². The Bertz CT molecular complexity index is 729. The maximum Gasteiger partial charge on any atom is 0.417 e. The van der Waals surface area contributed by atoms with Gasteiger partial charge < -0.3 is 9.57 Å². The monoisotopic (exact) mass is 358 g/mol. The van der Waals surface area contributed by atoms with Crippen molar-refractivity contribution in [1.82, 2.24) is 4.90 Å². The fourth-order valence-corrected chi connectivity index (χ4v) is 3.86. The third-order valence-electron chi connectivity index (χ3n) is 5.57. The molecule has 2 aliphatic heterocycles. The SMILES string of the molecule is Cc1ccc(C2=NOC(C(=O)N3C(=O)OCC3(C(C)C)C(C)C)C2)cc1. The zero-order chi connectivity index (χ0) is 19.1. The average Bonchev–Trinajstić information content (AvgIpc) is 3.20. The van der Waals surface area contributed by atoms with E-state index >= 15 is 0 Å². The van der Waals surface area contributed by atoms with Gasteiger partial charge in [0.2, 0.25) is 6.10 Å². The molecule has 0 bridgehead atoms. The number of oxime groups is 1. The summed E-state index contributed by atoms with van der Waals surface area (Å²) in [6.45, 7) is 10.3. The Morgan fingerprint density at radius 3 is 2.38 bits per heavy atom. The summed E-state index contributed by atoms with van der Waals surface area (Å²) in [4.78, 5) is 32.2. The van der Waals surface area contributed by atoms with Gasteiger partial charge in [-0.15, -0.1) is 0 Å². The highest BCUT2D eigenvalue weighted by molar-refractivity contribution is 6.06. The predicted molar refractivity (Wildman–Crippen MR) is 97.8 cm³/mol. The first-order valence-electron chi connectivity index (χ1n) is 9.08. The predicted octanol–water partition coefficient (Wildman–Crippen LogP) is 3.52. The first-order chi connectivity index (χ1) is 12.3.